The standard InChI is InChI=1S/C17H9F6NO4.C9H6F3NO4.C8H5F3O.C4H6O3.CH2O3.2K/c18-16(19,20)10-3-1-9(2-4-10)7-13(15(25)26)12-6-5-11(17(21,22)23)8-14(12)24(27)28;10-9(11,12)6-2-1-5(3-8(14)15)7(4-6)13(16)17;9-8(10,11)7-3-1-6(5-12)2-4-7;1-3(5)7-4(2)6;2-1-4-3;;/h1-8H,(H,25,26);1-2,4H,3H2,(H,14,15);1-5H;1-2H3;1,3H;;/q;;;;;;+1/p-1/b13-7+;;;;;;. The molecule has 4 rings (SSSR count). The van der Waals surface area contributed by atoms with E-state index >= 15 is 0 Å². The average Bonchev–Trinajstić information content (AvgIpc) is 3.21. The fraction of sp³-hybridized carbons (Fsp3) is 0.179. The topological polar surface area (TPSA) is 271 Å². The third-order valence-corrected chi connectivity index (χ3v) is 7.24. The fourth-order valence-electron chi connectivity index (χ4n) is 4.45. The van der Waals surface area contributed by atoms with Gasteiger partial charge < -0.3 is 25.1 Å². The molecule has 2 N–H and O–H groups in total. The number of halogens is 12. The van der Waals surface area contributed by atoms with Crippen LogP contribution < -0.4 is 56.6 Å². The minimum absolute atomic E-state index is 0. The van der Waals surface area contributed by atoms with Crippen LogP contribution in [0.15, 0.2) is 84.9 Å². The molecule has 4 aromatic rings. The van der Waals surface area contributed by atoms with Crippen molar-refractivity contribution in [3.05, 3.63) is 150 Å². The number of nitro benzene ring substituents is 2. The molecule has 0 amide bonds. The molecule has 70 heavy (non-hydrogen) atoms. The minimum atomic E-state index is -4.89. The summed E-state index contributed by atoms with van der Waals surface area (Å²) < 4.78 is 153. The Hall–Kier alpha value is -4.97. The first-order valence-corrected chi connectivity index (χ1v) is 17.2. The van der Waals surface area contributed by atoms with E-state index < -0.39 is 110 Å². The molecular weight excluding hydrogens is 1040 g/mol. The van der Waals surface area contributed by atoms with Crippen LogP contribution in [0.1, 0.15) is 63.1 Å². The van der Waals surface area contributed by atoms with Crippen molar-refractivity contribution >= 4 is 111 Å². The zero-order chi connectivity index (χ0) is 53.0. The molecule has 0 aliphatic heterocycles. The SMILES string of the molecule is CC(=O)OC(C)=O.O=C(O)/C(=C/c1ccc(C(F)(F)F)cc1)c1ccc(C(F)(F)F)cc1[N+](=O)[O-].O=C(O)Cc1ccc(C(F)(F)F)cc1[N+](=O)[O-].O=CO[O-].O=Cc1ccc(C(F)(F)F)cc1.[K+].[K]. The molecule has 0 aliphatic carbocycles. The van der Waals surface area contributed by atoms with Gasteiger partial charge in [-0.2, -0.15) is 52.7 Å². The van der Waals surface area contributed by atoms with E-state index in [1.807, 2.05) is 0 Å². The van der Waals surface area contributed by atoms with Gasteiger partial charge in [-0.15, -0.1) is 0 Å². The Morgan fingerprint density at radius 1 is 0.600 bits per heavy atom. The Morgan fingerprint density at radius 3 is 1.23 bits per heavy atom. The van der Waals surface area contributed by atoms with Gasteiger partial charge in [0.25, 0.3) is 17.8 Å². The van der Waals surface area contributed by atoms with E-state index in [1.165, 1.54) is 13.8 Å². The number of carboxylic acid groups (broad SMARTS) is 2. The molecule has 31 heteroatoms. The number of benzene rings is 4. The number of carboxylic acids is 2. The molecule has 1 radical (unpaired) electrons. The molecule has 0 aliphatic rings. The maximum atomic E-state index is 12.8. The van der Waals surface area contributed by atoms with Crippen LogP contribution >= 0.6 is 0 Å². The second kappa shape index (κ2) is 31.4. The summed E-state index contributed by atoms with van der Waals surface area (Å²) in [6.07, 6.45) is -17.9. The van der Waals surface area contributed by atoms with Gasteiger partial charge in [0.05, 0.1) is 49.7 Å². The molecular formula is C39H27F12K2N2O15. The van der Waals surface area contributed by atoms with Crippen LogP contribution in [0.2, 0.25) is 0 Å². The molecule has 0 aromatic heterocycles. The minimum Gasteiger partial charge on any atom is -0.662 e. The summed E-state index contributed by atoms with van der Waals surface area (Å²) in [5.74, 6) is -4.18. The summed E-state index contributed by atoms with van der Waals surface area (Å²) in [6.45, 7) is 2.18. The van der Waals surface area contributed by atoms with E-state index in [9.17, 15) is 102 Å². The van der Waals surface area contributed by atoms with Crippen LogP contribution in [-0.4, -0.2) is 108 Å². The third kappa shape index (κ3) is 26.3. The number of ether oxygens (including phenoxy) is 1. The number of nitrogens with zero attached hydrogens (tertiary/aromatic N) is 2. The van der Waals surface area contributed by atoms with Crippen molar-refractivity contribution in [3.63, 3.8) is 0 Å². The number of carbonyl (C=O) groups excluding carboxylic acids is 4. The number of nitro groups is 2. The molecule has 0 atom stereocenters. The van der Waals surface area contributed by atoms with Crippen molar-refractivity contribution in [2.24, 2.45) is 0 Å². The van der Waals surface area contributed by atoms with Gasteiger partial charge in [-0.3, -0.25) is 44.2 Å². The first-order valence-electron chi connectivity index (χ1n) is 17.2. The predicted octanol–water partition coefficient (Wildman–Crippen LogP) is 5.17. The molecule has 0 saturated heterocycles. The Labute approximate surface area is 468 Å². The van der Waals surface area contributed by atoms with Gasteiger partial charge >= 0.3 is 100.0 Å². The summed E-state index contributed by atoms with van der Waals surface area (Å²) in [6, 6.07) is 10.3. The summed E-state index contributed by atoms with van der Waals surface area (Å²) in [5, 5.41) is 47.9. The Balaban J connectivity index is -0.000000910. The second-order valence-corrected chi connectivity index (χ2v) is 12.2. The molecule has 369 valence electrons. The summed E-state index contributed by atoms with van der Waals surface area (Å²) in [7, 11) is 0. The van der Waals surface area contributed by atoms with Gasteiger partial charge in [0.1, 0.15) is 6.29 Å². The average molecular weight is 1070 g/mol. The molecule has 0 spiro atoms. The normalized spacial score (nSPS) is 10.8. The Bertz CT molecular complexity index is 2450. The maximum Gasteiger partial charge on any atom is 1.00 e. The van der Waals surface area contributed by atoms with E-state index in [0.717, 1.165) is 48.5 Å². The third-order valence-electron chi connectivity index (χ3n) is 7.24. The maximum absolute atomic E-state index is 12.8. The van der Waals surface area contributed by atoms with E-state index in [-0.39, 0.29) is 132 Å². The van der Waals surface area contributed by atoms with Gasteiger partial charge in [-0.1, -0.05) is 30.3 Å². The second-order valence-electron chi connectivity index (χ2n) is 12.2. The van der Waals surface area contributed by atoms with Gasteiger partial charge in [0.2, 0.25) is 0 Å². The number of carbonyl (C=O) groups is 6. The van der Waals surface area contributed by atoms with Crippen molar-refractivity contribution in [3.8, 4) is 0 Å². The number of rotatable bonds is 9. The van der Waals surface area contributed by atoms with Gasteiger partial charge in [0.15, 0.2) is 0 Å². The first kappa shape index (κ1) is 69.3. The summed E-state index contributed by atoms with van der Waals surface area (Å²) in [4.78, 5) is 82.3. The van der Waals surface area contributed by atoms with Crippen molar-refractivity contribution < 1.29 is 168 Å². The monoisotopic (exact) mass is 1070 g/mol. The number of aliphatic carboxylic acids is 2. The molecule has 0 heterocycles. The number of hydrogen-bond donors (Lipinski definition) is 2. The Kier molecular flexibility index (Phi) is 31.1. The van der Waals surface area contributed by atoms with Gasteiger partial charge in [0, 0.05) is 88.5 Å². The zero-order valence-electron chi connectivity index (χ0n) is 35.7. The molecule has 0 fully saturated rings. The largest absolute Gasteiger partial charge is 1.00 e. The van der Waals surface area contributed by atoms with Crippen LogP contribution in [0.25, 0.3) is 11.6 Å². The summed E-state index contributed by atoms with van der Waals surface area (Å²) >= 11 is 0. The molecule has 0 saturated carbocycles. The van der Waals surface area contributed by atoms with Crippen LogP contribution in [0, 0.1) is 20.2 Å². The number of hydrogen-bond acceptors (Lipinski definition) is 13. The van der Waals surface area contributed by atoms with E-state index in [0.29, 0.717) is 42.7 Å². The Morgan fingerprint density at radius 2 is 0.943 bits per heavy atom. The smallest absolute Gasteiger partial charge is 0.662 e. The van der Waals surface area contributed by atoms with Crippen molar-refractivity contribution in [2.75, 3.05) is 0 Å². The summed E-state index contributed by atoms with van der Waals surface area (Å²) in [5.41, 5.74) is -7.66. The van der Waals surface area contributed by atoms with Gasteiger partial charge in [-0.05, 0) is 54.1 Å². The van der Waals surface area contributed by atoms with E-state index in [4.69, 9.17) is 15.2 Å². The van der Waals surface area contributed by atoms with Crippen LogP contribution in [0.4, 0.5) is 64.1 Å². The number of esters is 2. The molecule has 17 nitrogen and oxygen atoms in total. The fourth-order valence-corrected chi connectivity index (χ4v) is 4.45. The van der Waals surface area contributed by atoms with Crippen molar-refractivity contribution in [1.82, 2.24) is 0 Å². The van der Waals surface area contributed by atoms with Crippen LogP contribution in [-0.2, 0) is 64.7 Å². The molecule has 0 unspecified atom stereocenters. The number of aldehydes is 1. The van der Waals surface area contributed by atoms with E-state index in [1.54, 1.807) is 0 Å². The molecule has 0 bridgehead atoms. The zero-order valence-corrected chi connectivity index (χ0v) is 41.9. The van der Waals surface area contributed by atoms with Crippen molar-refractivity contribution in [1.29, 1.82) is 0 Å². The van der Waals surface area contributed by atoms with E-state index in [2.05, 4.69) is 9.62 Å². The quantitative estimate of drug-likeness (QED) is 0.0209. The predicted molar refractivity (Wildman–Crippen MR) is 207 cm³/mol. The van der Waals surface area contributed by atoms with Crippen LogP contribution in [0.5, 0.6) is 0 Å². The first-order chi connectivity index (χ1) is 31.1. The molecule has 4 aromatic carbocycles. The van der Waals surface area contributed by atoms with Crippen molar-refractivity contribution in [2.45, 2.75) is 45.0 Å². The van der Waals surface area contributed by atoms with Gasteiger partial charge in [-0.25, -0.2) is 4.79 Å². The number of alkyl halides is 12. The van der Waals surface area contributed by atoms with Crippen LogP contribution in [0.3, 0.4) is 0 Å².